The lowest BCUT2D eigenvalue weighted by Gasteiger charge is -2.23. The van der Waals surface area contributed by atoms with Crippen LogP contribution in [0.2, 0.25) is 0 Å². The minimum atomic E-state index is 0.262. The van der Waals surface area contributed by atoms with Gasteiger partial charge in [-0.25, -0.2) is 14.5 Å². The lowest BCUT2D eigenvalue weighted by atomic mass is 10.1. The van der Waals surface area contributed by atoms with Crippen molar-refractivity contribution in [3.8, 4) is 17.3 Å². The van der Waals surface area contributed by atoms with Crippen LogP contribution in [0.4, 0.5) is 5.82 Å². The second-order valence-corrected chi connectivity index (χ2v) is 8.68. The number of Topliss-reactive ketones (excluding diaryl/α,β-unsaturated/α-hetero) is 1. The van der Waals surface area contributed by atoms with E-state index in [2.05, 4.69) is 26.9 Å². The molecular formula is C25H29N5O4. The number of aromatic nitrogens is 4. The summed E-state index contributed by atoms with van der Waals surface area (Å²) in [7, 11) is 1.71. The Morgan fingerprint density at radius 3 is 2.94 bits per heavy atom. The molecule has 178 valence electrons. The molecular weight excluding hydrogens is 434 g/mol. The van der Waals surface area contributed by atoms with Crippen LogP contribution in [-0.4, -0.2) is 58.8 Å². The van der Waals surface area contributed by atoms with Crippen LogP contribution < -0.4 is 9.64 Å². The highest BCUT2D eigenvalue weighted by Gasteiger charge is 2.23. The third-order valence-electron chi connectivity index (χ3n) is 6.19. The van der Waals surface area contributed by atoms with Gasteiger partial charge in [0.15, 0.2) is 11.4 Å². The Bertz CT molecular complexity index is 1300. The highest BCUT2D eigenvalue weighted by atomic mass is 16.5. The summed E-state index contributed by atoms with van der Waals surface area (Å²) in [5.74, 6) is 2.61. The van der Waals surface area contributed by atoms with Gasteiger partial charge in [0.05, 0.1) is 24.8 Å². The number of pyridine rings is 1. The second kappa shape index (κ2) is 9.80. The monoisotopic (exact) mass is 463 g/mol. The van der Waals surface area contributed by atoms with Crippen molar-refractivity contribution >= 4 is 28.2 Å². The van der Waals surface area contributed by atoms with E-state index in [-0.39, 0.29) is 5.92 Å². The smallest absolute Gasteiger partial charge is 0.231 e. The third kappa shape index (κ3) is 4.48. The van der Waals surface area contributed by atoms with Gasteiger partial charge in [-0.15, -0.1) is 5.10 Å². The van der Waals surface area contributed by atoms with Gasteiger partial charge in [0.1, 0.15) is 22.9 Å². The second-order valence-electron chi connectivity index (χ2n) is 8.68. The molecule has 0 amide bonds. The number of furan rings is 1. The van der Waals surface area contributed by atoms with E-state index in [1.165, 1.54) is 0 Å². The summed E-state index contributed by atoms with van der Waals surface area (Å²) in [5, 5.41) is 5.57. The number of carbonyl (C=O) groups is 1. The Labute approximate surface area is 197 Å². The summed E-state index contributed by atoms with van der Waals surface area (Å²) in [6, 6.07) is 7.55. The first-order valence-corrected chi connectivity index (χ1v) is 11.8. The van der Waals surface area contributed by atoms with Crippen LogP contribution >= 0.6 is 0 Å². The number of methoxy groups -OCH3 is 1. The molecule has 4 aromatic heterocycles. The fourth-order valence-corrected chi connectivity index (χ4v) is 4.46. The number of nitrogens with zero attached hydrogens (tertiary/aromatic N) is 5. The van der Waals surface area contributed by atoms with Crippen LogP contribution in [0, 0.1) is 5.92 Å². The van der Waals surface area contributed by atoms with Crippen LogP contribution in [0.5, 0.6) is 5.88 Å². The number of hydrogen-bond acceptors (Lipinski definition) is 8. The summed E-state index contributed by atoms with van der Waals surface area (Å²) >= 11 is 0. The van der Waals surface area contributed by atoms with Gasteiger partial charge in [-0.05, 0) is 31.0 Å². The van der Waals surface area contributed by atoms with Crippen molar-refractivity contribution in [3.05, 3.63) is 36.7 Å². The van der Waals surface area contributed by atoms with Crippen molar-refractivity contribution < 1.29 is 18.7 Å². The summed E-state index contributed by atoms with van der Waals surface area (Å²) in [4.78, 5) is 22.9. The number of ether oxygens (including phenoxy) is 2. The number of imidazole rings is 1. The maximum Gasteiger partial charge on any atom is 0.231 e. The minimum absolute atomic E-state index is 0.262. The van der Waals surface area contributed by atoms with Gasteiger partial charge in [0.2, 0.25) is 5.88 Å². The zero-order chi connectivity index (χ0) is 23.5. The van der Waals surface area contributed by atoms with Crippen LogP contribution in [-0.2, 0) is 9.53 Å². The minimum Gasteiger partial charge on any atom is -0.476 e. The molecule has 9 nitrogen and oxygen atoms in total. The predicted octanol–water partition coefficient (Wildman–Crippen LogP) is 4.15. The molecule has 0 spiro atoms. The van der Waals surface area contributed by atoms with Crippen molar-refractivity contribution in [2.24, 2.45) is 5.92 Å². The highest BCUT2D eigenvalue weighted by molar-refractivity contribution is 5.92. The van der Waals surface area contributed by atoms with E-state index in [4.69, 9.17) is 13.9 Å². The van der Waals surface area contributed by atoms with Crippen molar-refractivity contribution in [1.29, 1.82) is 0 Å². The number of hydrogen-bond donors (Lipinski definition) is 0. The summed E-state index contributed by atoms with van der Waals surface area (Å²) in [6.45, 7) is 4.89. The standard InChI is InChI=1S/C25H29N5O4/c1-3-10-29(11-12-32-2)25-19-14-22(34-21(19)8-9-26-25)20-15-27-23-6-7-24(28-30(20)23)33-16-17-4-5-18(31)13-17/h6-9,14-15,17H,3-5,10-13,16H2,1-2H3/t17-/m0/s1. The maximum absolute atomic E-state index is 11.5. The molecule has 34 heavy (non-hydrogen) atoms. The SMILES string of the molecule is CCCN(CCOC)c1nccc2oc(-c3cnc4ccc(OC[C@H]5CCC(=O)C5)nn34)cc12. The average molecular weight is 464 g/mol. The van der Waals surface area contributed by atoms with Gasteiger partial charge in [-0.2, -0.15) is 0 Å². The topological polar surface area (TPSA) is 95.0 Å². The largest absolute Gasteiger partial charge is 0.476 e. The first kappa shape index (κ1) is 22.3. The normalized spacial score (nSPS) is 16.1. The first-order chi connectivity index (χ1) is 16.7. The molecule has 0 bridgehead atoms. The van der Waals surface area contributed by atoms with E-state index in [0.717, 1.165) is 48.4 Å². The lowest BCUT2D eigenvalue weighted by Crippen LogP contribution is -2.28. The molecule has 1 saturated carbocycles. The zero-order valence-corrected chi connectivity index (χ0v) is 19.6. The van der Waals surface area contributed by atoms with Crippen molar-refractivity contribution in [2.75, 3.05) is 38.3 Å². The van der Waals surface area contributed by atoms with E-state index >= 15 is 0 Å². The number of ketones is 1. The molecule has 1 aliphatic carbocycles. The van der Waals surface area contributed by atoms with Crippen molar-refractivity contribution in [1.82, 2.24) is 19.6 Å². The number of rotatable bonds is 10. The molecule has 0 N–H and O–H groups in total. The molecule has 4 aromatic rings. The van der Waals surface area contributed by atoms with Gasteiger partial charge in [-0.3, -0.25) is 4.79 Å². The Morgan fingerprint density at radius 2 is 2.15 bits per heavy atom. The highest BCUT2D eigenvalue weighted by Crippen LogP contribution is 2.33. The number of carbonyl (C=O) groups excluding carboxylic acids is 1. The van der Waals surface area contributed by atoms with Crippen LogP contribution in [0.1, 0.15) is 32.6 Å². The first-order valence-electron chi connectivity index (χ1n) is 11.8. The van der Waals surface area contributed by atoms with E-state index in [9.17, 15) is 4.79 Å². The van der Waals surface area contributed by atoms with Crippen molar-refractivity contribution in [2.45, 2.75) is 32.6 Å². The molecule has 9 heteroatoms. The van der Waals surface area contributed by atoms with E-state index in [1.54, 1.807) is 24.0 Å². The van der Waals surface area contributed by atoms with Crippen LogP contribution in [0.3, 0.4) is 0 Å². The van der Waals surface area contributed by atoms with Crippen LogP contribution in [0.15, 0.2) is 41.1 Å². The molecule has 0 unspecified atom stereocenters. The average Bonchev–Trinajstić information content (AvgIpc) is 3.57. The Balaban J connectivity index is 1.45. The summed E-state index contributed by atoms with van der Waals surface area (Å²) in [5.41, 5.74) is 2.19. The molecule has 0 aromatic carbocycles. The van der Waals surface area contributed by atoms with Gasteiger partial charge < -0.3 is 18.8 Å². The predicted molar refractivity (Wildman–Crippen MR) is 128 cm³/mol. The molecule has 0 aliphatic heterocycles. The summed E-state index contributed by atoms with van der Waals surface area (Å²) < 4.78 is 19.1. The fraction of sp³-hybridized carbons (Fsp3) is 0.440. The molecule has 0 saturated heterocycles. The Hall–Kier alpha value is -3.46. The maximum atomic E-state index is 11.5. The van der Waals surface area contributed by atoms with Gasteiger partial charge in [-0.1, -0.05) is 6.92 Å². The quantitative estimate of drug-likeness (QED) is 0.346. The van der Waals surface area contributed by atoms with E-state index in [1.807, 2.05) is 24.3 Å². The van der Waals surface area contributed by atoms with Gasteiger partial charge in [0.25, 0.3) is 0 Å². The molecule has 1 atom stereocenters. The molecule has 5 rings (SSSR count). The molecule has 4 heterocycles. The Kier molecular flexibility index (Phi) is 6.44. The molecule has 0 radical (unpaired) electrons. The van der Waals surface area contributed by atoms with Crippen LogP contribution in [0.25, 0.3) is 28.1 Å². The molecule has 1 aliphatic rings. The molecule has 1 fully saturated rings. The lowest BCUT2D eigenvalue weighted by molar-refractivity contribution is -0.117. The summed E-state index contributed by atoms with van der Waals surface area (Å²) in [6.07, 6.45) is 6.64. The van der Waals surface area contributed by atoms with Gasteiger partial charge in [0, 0.05) is 51.2 Å². The van der Waals surface area contributed by atoms with E-state index < -0.39 is 0 Å². The number of anilines is 1. The third-order valence-corrected chi connectivity index (χ3v) is 6.19. The Morgan fingerprint density at radius 1 is 1.24 bits per heavy atom. The van der Waals surface area contributed by atoms with E-state index in [0.29, 0.717) is 49.1 Å². The van der Waals surface area contributed by atoms with Gasteiger partial charge >= 0.3 is 0 Å². The fourth-order valence-electron chi connectivity index (χ4n) is 4.46. The zero-order valence-electron chi connectivity index (χ0n) is 19.6. The number of fused-ring (bicyclic) bond motifs is 2. The van der Waals surface area contributed by atoms with Crippen molar-refractivity contribution in [3.63, 3.8) is 0 Å².